The number of rotatable bonds is 6. The summed E-state index contributed by atoms with van der Waals surface area (Å²) in [7, 11) is 1.91. The topological polar surface area (TPSA) is 126 Å². The van der Waals surface area contributed by atoms with E-state index in [1.165, 1.54) is 0 Å². The van der Waals surface area contributed by atoms with E-state index < -0.39 is 0 Å². The molecule has 220 valence electrons. The third-order valence-electron chi connectivity index (χ3n) is 9.19. The largest absolute Gasteiger partial charge is 0.353 e. The van der Waals surface area contributed by atoms with E-state index in [0.29, 0.717) is 6.54 Å². The van der Waals surface area contributed by atoms with Gasteiger partial charge in [0, 0.05) is 72.1 Å². The zero-order chi connectivity index (χ0) is 29.4. The lowest BCUT2D eigenvalue weighted by Crippen LogP contribution is -2.49. The maximum atomic E-state index is 13.7. The van der Waals surface area contributed by atoms with Crippen LogP contribution in [0, 0.1) is 5.92 Å². The molecular weight excluding hydrogens is 542 g/mol. The molecular formula is C32H35N9O2. The Labute approximate surface area is 248 Å². The second-order valence-corrected chi connectivity index (χ2v) is 12.6. The summed E-state index contributed by atoms with van der Waals surface area (Å²) in [5.74, 6) is 0.327. The van der Waals surface area contributed by atoms with Gasteiger partial charge in [0.05, 0.1) is 34.7 Å². The Bertz CT molecular complexity index is 1910. The summed E-state index contributed by atoms with van der Waals surface area (Å²) in [5, 5.41) is 17.4. The van der Waals surface area contributed by atoms with E-state index in [2.05, 4.69) is 57.9 Å². The van der Waals surface area contributed by atoms with Crippen LogP contribution >= 0.6 is 0 Å². The highest BCUT2D eigenvalue weighted by Crippen LogP contribution is 2.46. The first-order valence-corrected chi connectivity index (χ1v) is 15.2. The molecule has 1 aromatic carbocycles. The Morgan fingerprint density at radius 1 is 1.07 bits per heavy atom. The van der Waals surface area contributed by atoms with Crippen molar-refractivity contribution >= 4 is 39.6 Å². The number of aromatic amines is 1. The van der Waals surface area contributed by atoms with Crippen molar-refractivity contribution < 1.29 is 9.59 Å². The molecule has 2 aliphatic carbocycles. The van der Waals surface area contributed by atoms with E-state index in [0.717, 1.165) is 87.7 Å². The van der Waals surface area contributed by atoms with Gasteiger partial charge in [-0.05, 0) is 63.6 Å². The first-order valence-electron chi connectivity index (χ1n) is 15.2. The number of benzene rings is 1. The van der Waals surface area contributed by atoms with E-state index >= 15 is 0 Å². The molecule has 1 aliphatic heterocycles. The molecule has 3 amide bonds. The number of anilines is 1. The van der Waals surface area contributed by atoms with Crippen molar-refractivity contribution in [3.05, 3.63) is 48.5 Å². The molecule has 11 heteroatoms. The lowest BCUT2D eigenvalue weighted by Gasteiger charge is -2.35. The maximum absolute atomic E-state index is 13.7. The Morgan fingerprint density at radius 2 is 1.93 bits per heavy atom. The number of carbonyl (C=O) groups is 2. The maximum Gasteiger partial charge on any atom is 0.322 e. The van der Waals surface area contributed by atoms with Gasteiger partial charge in [-0.25, -0.2) is 9.78 Å². The first-order chi connectivity index (χ1) is 20.9. The van der Waals surface area contributed by atoms with Crippen molar-refractivity contribution in [3.8, 4) is 22.4 Å². The van der Waals surface area contributed by atoms with E-state index in [9.17, 15) is 9.59 Å². The number of aromatic nitrogens is 6. The quantitative estimate of drug-likeness (QED) is 0.261. The summed E-state index contributed by atoms with van der Waals surface area (Å²) in [5.41, 5.74) is 7.53. The Kier molecular flexibility index (Phi) is 5.85. The van der Waals surface area contributed by atoms with Crippen molar-refractivity contribution in [3.63, 3.8) is 0 Å². The number of nitrogens with zero attached hydrogens (tertiary/aromatic N) is 6. The van der Waals surface area contributed by atoms with Gasteiger partial charge in [0.15, 0.2) is 0 Å². The van der Waals surface area contributed by atoms with Crippen LogP contribution in [0.1, 0.15) is 57.6 Å². The molecule has 0 unspecified atom stereocenters. The lowest BCUT2D eigenvalue weighted by molar-refractivity contribution is -0.122. The van der Waals surface area contributed by atoms with E-state index in [-0.39, 0.29) is 36.0 Å². The van der Waals surface area contributed by atoms with Gasteiger partial charge in [0.2, 0.25) is 5.91 Å². The predicted octanol–water partition coefficient (Wildman–Crippen LogP) is 5.04. The van der Waals surface area contributed by atoms with Crippen LogP contribution < -0.4 is 15.5 Å². The Hall–Kier alpha value is -4.67. The molecule has 5 aromatic rings. The van der Waals surface area contributed by atoms with Gasteiger partial charge in [-0.1, -0.05) is 6.07 Å². The molecule has 0 radical (unpaired) electrons. The summed E-state index contributed by atoms with van der Waals surface area (Å²) >= 11 is 0. The number of amides is 3. The minimum Gasteiger partial charge on any atom is -0.353 e. The fraction of sp³-hybridized carbons (Fsp3) is 0.406. The van der Waals surface area contributed by atoms with E-state index in [1.807, 2.05) is 41.4 Å². The van der Waals surface area contributed by atoms with Gasteiger partial charge in [0.1, 0.15) is 5.65 Å². The predicted molar refractivity (Wildman–Crippen MR) is 164 cm³/mol. The van der Waals surface area contributed by atoms with Crippen LogP contribution in [0.2, 0.25) is 0 Å². The van der Waals surface area contributed by atoms with E-state index in [1.54, 1.807) is 4.68 Å². The molecule has 8 rings (SSSR count). The van der Waals surface area contributed by atoms with Crippen LogP contribution in [0.15, 0.2) is 43.0 Å². The second kappa shape index (κ2) is 9.68. The zero-order valence-corrected chi connectivity index (χ0v) is 24.6. The third kappa shape index (κ3) is 4.28. The molecule has 0 bridgehead atoms. The standard InChI is InChI=1S/C32H35N9O2/c1-17(2)41-25-9-6-19(10-20(25)14-36-41)26-27-29-21(12-33-30(27)38-28(26)22-15-35-39(3)16-22)13-34-32(43)40(29)24-8-7-23(11-24)37-31(42)18-4-5-18/h6,9-10,12,14-18,23-24H,4-5,7-8,11,13H2,1-3H3,(H,33,38)(H,34,43)(H,37,42)/t23-,24-/m1/s1. The van der Waals surface area contributed by atoms with Gasteiger partial charge < -0.3 is 15.6 Å². The Balaban J connectivity index is 1.30. The normalized spacial score (nSPS) is 20.3. The molecule has 2 fully saturated rings. The van der Waals surface area contributed by atoms with Crippen molar-refractivity contribution in [2.24, 2.45) is 13.0 Å². The number of carbonyl (C=O) groups excluding carboxylic acids is 2. The molecule has 4 aromatic heterocycles. The van der Waals surface area contributed by atoms with Crippen molar-refractivity contribution in [1.82, 2.24) is 40.2 Å². The number of aryl methyl sites for hydroxylation is 1. The highest BCUT2D eigenvalue weighted by Gasteiger charge is 2.40. The SMILES string of the molecule is CC(C)n1ncc2cc(-c3c(-c4cnn(C)c4)[nH]c4ncc5c(c34)N([C@@H]3CC[C@@H](NC(=O)C4CC4)C3)C(=O)NC5)ccc21. The second-order valence-electron chi connectivity index (χ2n) is 12.6. The zero-order valence-electron chi connectivity index (χ0n) is 24.6. The monoisotopic (exact) mass is 577 g/mol. The molecule has 2 saturated carbocycles. The van der Waals surface area contributed by atoms with Gasteiger partial charge in [-0.15, -0.1) is 0 Å². The summed E-state index contributed by atoms with van der Waals surface area (Å²) in [6.07, 6.45) is 12.0. The average Bonchev–Trinajstić information content (AvgIpc) is 3.29. The summed E-state index contributed by atoms with van der Waals surface area (Å²) in [6, 6.07) is 6.61. The van der Waals surface area contributed by atoms with Gasteiger partial charge >= 0.3 is 6.03 Å². The van der Waals surface area contributed by atoms with Gasteiger partial charge in [-0.3, -0.25) is 19.1 Å². The fourth-order valence-corrected chi connectivity index (χ4v) is 6.95. The number of fused-ring (bicyclic) bond motifs is 4. The smallest absolute Gasteiger partial charge is 0.322 e. The average molecular weight is 578 g/mol. The third-order valence-corrected chi connectivity index (χ3v) is 9.19. The molecule has 11 nitrogen and oxygen atoms in total. The molecule has 0 saturated heterocycles. The molecule has 3 N–H and O–H groups in total. The number of H-pyrrole nitrogens is 1. The lowest BCUT2D eigenvalue weighted by atomic mass is 9.96. The van der Waals surface area contributed by atoms with Crippen LogP contribution in [0.5, 0.6) is 0 Å². The highest BCUT2D eigenvalue weighted by molar-refractivity contribution is 6.14. The van der Waals surface area contributed by atoms with Crippen LogP contribution in [-0.4, -0.2) is 53.6 Å². The number of urea groups is 1. The number of hydrogen-bond donors (Lipinski definition) is 3. The minimum absolute atomic E-state index is 0.0366. The van der Waals surface area contributed by atoms with Crippen molar-refractivity contribution in [2.75, 3.05) is 4.90 Å². The summed E-state index contributed by atoms with van der Waals surface area (Å²) < 4.78 is 3.82. The van der Waals surface area contributed by atoms with Crippen LogP contribution in [-0.2, 0) is 18.4 Å². The highest BCUT2D eigenvalue weighted by atomic mass is 16.2. The summed E-state index contributed by atoms with van der Waals surface area (Å²) in [6.45, 7) is 4.67. The fourth-order valence-electron chi connectivity index (χ4n) is 6.95. The van der Waals surface area contributed by atoms with Crippen molar-refractivity contribution in [1.29, 1.82) is 0 Å². The Morgan fingerprint density at radius 3 is 2.70 bits per heavy atom. The number of nitrogens with one attached hydrogen (secondary N) is 3. The molecule has 2 atom stereocenters. The molecule has 3 aliphatic rings. The van der Waals surface area contributed by atoms with E-state index in [4.69, 9.17) is 4.98 Å². The summed E-state index contributed by atoms with van der Waals surface area (Å²) in [4.78, 5) is 36.6. The van der Waals surface area contributed by atoms with Gasteiger partial charge in [-0.2, -0.15) is 10.2 Å². The number of hydrogen-bond acceptors (Lipinski definition) is 5. The van der Waals surface area contributed by atoms with Crippen LogP contribution in [0.25, 0.3) is 44.3 Å². The van der Waals surface area contributed by atoms with Crippen LogP contribution in [0.4, 0.5) is 10.5 Å². The molecule has 5 heterocycles. The van der Waals surface area contributed by atoms with Crippen LogP contribution in [0.3, 0.4) is 0 Å². The number of pyridine rings is 1. The molecule has 0 spiro atoms. The van der Waals surface area contributed by atoms with Crippen molar-refractivity contribution in [2.45, 2.75) is 70.6 Å². The van der Waals surface area contributed by atoms with Gasteiger partial charge in [0.25, 0.3) is 0 Å². The molecule has 43 heavy (non-hydrogen) atoms. The minimum atomic E-state index is -0.108. The first kappa shape index (κ1) is 26.0.